The van der Waals surface area contributed by atoms with Crippen molar-refractivity contribution in [3.8, 4) is 5.69 Å². The Morgan fingerprint density at radius 3 is 2.72 bits per heavy atom. The molecule has 1 atom stereocenters. The van der Waals surface area contributed by atoms with Crippen molar-refractivity contribution in [3.63, 3.8) is 0 Å². The van der Waals surface area contributed by atoms with E-state index in [-0.39, 0.29) is 22.9 Å². The molecular weight excluding hydrogens is 345 g/mol. The van der Waals surface area contributed by atoms with Crippen LogP contribution in [0.4, 0.5) is 4.39 Å². The molecule has 0 fully saturated rings. The maximum absolute atomic E-state index is 13.1. The van der Waals surface area contributed by atoms with Gasteiger partial charge in [-0.15, -0.1) is 0 Å². The van der Waals surface area contributed by atoms with Gasteiger partial charge in [-0.05, 0) is 38.1 Å². The lowest BCUT2D eigenvalue weighted by atomic mass is 10.2. The molecule has 1 aromatic carbocycles. The van der Waals surface area contributed by atoms with Crippen molar-refractivity contribution in [2.75, 3.05) is 0 Å². The molecule has 2 heterocycles. The second kappa shape index (κ2) is 7.06. The molecule has 0 bridgehead atoms. The van der Waals surface area contributed by atoms with Crippen LogP contribution in [0.1, 0.15) is 23.0 Å². The summed E-state index contributed by atoms with van der Waals surface area (Å²) in [5, 5.41) is 7.40. The Bertz CT molecular complexity index is 873. The van der Waals surface area contributed by atoms with E-state index in [9.17, 15) is 9.18 Å². The van der Waals surface area contributed by atoms with Gasteiger partial charge in [0.15, 0.2) is 0 Å². The fourth-order valence-corrected chi connectivity index (χ4v) is 2.92. The Morgan fingerprint density at radius 1 is 1.36 bits per heavy atom. The smallest absolute Gasteiger partial charge is 0.256 e. The van der Waals surface area contributed by atoms with E-state index in [1.54, 1.807) is 31.6 Å². The summed E-state index contributed by atoms with van der Waals surface area (Å²) >= 11 is 6.36. The lowest BCUT2D eigenvalue weighted by molar-refractivity contribution is 0.0936. The van der Waals surface area contributed by atoms with Crippen LogP contribution in [0.2, 0.25) is 5.15 Å². The molecule has 130 valence electrons. The number of imidazole rings is 1. The first-order valence-corrected chi connectivity index (χ1v) is 8.11. The Hall–Kier alpha value is -2.67. The molecule has 0 radical (unpaired) electrons. The molecule has 0 aliphatic heterocycles. The van der Waals surface area contributed by atoms with Crippen molar-refractivity contribution < 1.29 is 9.18 Å². The molecular formula is C17H17ClFN5O. The van der Waals surface area contributed by atoms with Gasteiger partial charge in [-0.2, -0.15) is 5.10 Å². The van der Waals surface area contributed by atoms with Crippen LogP contribution in [0.3, 0.4) is 0 Å². The minimum atomic E-state index is -0.352. The van der Waals surface area contributed by atoms with Crippen molar-refractivity contribution in [3.05, 3.63) is 65.2 Å². The van der Waals surface area contributed by atoms with Crippen LogP contribution in [0.15, 0.2) is 43.0 Å². The Balaban J connectivity index is 1.79. The molecule has 0 saturated heterocycles. The number of hydrogen-bond acceptors (Lipinski definition) is 3. The second-order valence-corrected chi connectivity index (χ2v) is 6.13. The predicted molar refractivity (Wildman–Crippen MR) is 92.4 cm³/mol. The number of halogens is 2. The largest absolute Gasteiger partial charge is 0.348 e. The van der Waals surface area contributed by atoms with Gasteiger partial charge in [0.25, 0.3) is 5.91 Å². The van der Waals surface area contributed by atoms with Gasteiger partial charge >= 0.3 is 0 Å². The van der Waals surface area contributed by atoms with Crippen LogP contribution >= 0.6 is 11.6 Å². The van der Waals surface area contributed by atoms with Gasteiger partial charge in [-0.25, -0.2) is 14.1 Å². The number of aromatic nitrogens is 4. The summed E-state index contributed by atoms with van der Waals surface area (Å²) in [6.45, 7) is 4.20. The highest BCUT2D eigenvalue weighted by atomic mass is 35.5. The molecule has 2 aromatic heterocycles. The first-order chi connectivity index (χ1) is 12.0. The zero-order valence-corrected chi connectivity index (χ0v) is 14.5. The number of nitrogens with one attached hydrogen (secondary N) is 1. The van der Waals surface area contributed by atoms with Gasteiger partial charge in [0, 0.05) is 25.0 Å². The number of aryl methyl sites for hydroxylation is 1. The van der Waals surface area contributed by atoms with Gasteiger partial charge in [0.05, 0.1) is 23.3 Å². The lowest BCUT2D eigenvalue weighted by Crippen LogP contribution is -2.35. The monoisotopic (exact) mass is 361 g/mol. The molecule has 8 heteroatoms. The summed E-state index contributed by atoms with van der Waals surface area (Å²) < 4.78 is 16.4. The third-order valence-corrected chi connectivity index (χ3v) is 4.07. The zero-order chi connectivity index (χ0) is 18.0. The average molecular weight is 362 g/mol. The van der Waals surface area contributed by atoms with E-state index in [1.807, 2.05) is 17.7 Å². The standard InChI is InChI=1S/C17H17ClFN5O/c1-11(9-23-8-7-20-10-23)21-17(25)15-12(2)22-24(16(15)18)14-5-3-13(19)4-6-14/h3-8,10-11H,9H2,1-2H3,(H,21,25). The number of benzene rings is 1. The van der Waals surface area contributed by atoms with Crippen molar-refractivity contribution >= 4 is 17.5 Å². The van der Waals surface area contributed by atoms with Crippen molar-refractivity contribution in [2.45, 2.75) is 26.4 Å². The summed E-state index contributed by atoms with van der Waals surface area (Å²) in [5.41, 5.74) is 1.39. The topological polar surface area (TPSA) is 64.7 Å². The SMILES string of the molecule is Cc1nn(-c2ccc(F)cc2)c(Cl)c1C(=O)NC(C)Cn1ccnc1. The lowest BCUT2D eigenvalue weighted by Gasteiger charge is -2.14. The fraction of sp³-hybridized carbons (Fsp3) is 0.235. The van der Waals surface area contributed by atoms with Gasteiger partial charge in [0.1, 0.15) is 11.0 Å². The van der Waals surface area contributed by atoms with E-state index in [0.717, 1.165) is 0 Å². The third-order valence-electron chi connectivity index (χ3n) is 3.72. The number of rotatable bonds is 5. The van der Waals surface area contributed by atoms with E-state index in [1.165, 1.54) is 16.8 Å². The third kappa shape index (κ3) is 3.71. The van der Waals surface area contributed by atoms with Crippen LogP contribution < -0.4 is 5.32 Å². The number of carbonyl (C=O) groups is 1. The molecule has 25 heavy (non-hydrogen) atoms. The number of carbonyl (C=O) groups excluding carboxylic acids is 1. The average Bonchev–Trinajstić information content (AvgIpc) is 3.16. The van der Waals surface area contributed by atoms with Crippen molar-refractivity contribution in [1.82, 2.24) is 24.6 Å². The Labute approximate surface area is 149 Å². The summed E-state index contributed by atoms with van der Waals surface area (Å²) in [6.07, 6.45) is 5.20. The van der Waals surface area contributed by atoms with E-state index in [2.05, 4.69) is 15.4 Å². The van der Waals surface area contributed by atoms with Crippen LogP contribution in [-0.2, 0) is 6.54 Å². The first-order valence-electron chi connectivity index (χ1n) is 7.73. The predicted octanol–water partition coefficient (Wildman–Crippen LogP) is 2.99. The van der Waals surface area contributed by atoms with Crippen LogP contribution in [0, 0.1) is 12.7 Å². The number of amides is 1. The highest BCUT2D eigenvalue weighted by Crippen LogP contribution is 2.23. The maximum atomic E-state index is 13.1. The molecule has 6 nitrogen and oxygen atoms in total. The molecule has 0 aliphatic carbocycles. The molecule has 3 rings (SSSR count). The maximum Gasteiger partial charge on any atom is 0.256 e. The highest BCUT2D eigenvalue weighted by molar-refractivity contribution is 6.33. The van der Waals surface area contributed by atoms with E-state index in [4.69, 9.17) is 11.6 Å². The van der Waals surface area contributed by atoms with Gasteiger partial charge in [0.2, 0.25) is 0 Å². The molecule has 0 saturated carbocycles. The molecule has 1 amide bonds. The molecule has 0 spiro atoms. The minimum Gasteiger partial charge on any atom is -0.348 e. The fourth-order valence-electron chi connectivity index (χ4n) is 2.56. The second-order valence-electron chi connectivity index (χ2n) is 5.77. The summed E-state index contributed by atoms with van der Waals surface area (Å²) in [5.74, 6) is -0.654. The van der Waals surface area contributed by atoms with Crippen LogP contribution in [0.25, 0.3) is 5.69 Å². The molecule has 1 unspecified atom stereocenters. The van der Waals surface area contributed by atoms with Gasteiger partial charge < -0.3 is 9.88 Å². The van der Waals surface area contributed by atoms with Crippen LogP contribution in [0.5, 0.6) is 0 Å². The van der Waals surface area contributed by atoms with Gasteiger partial charge in [-0.1, -0.05) is 11.6 Å². The zero-order valence-electron chi connectivity index (χ0n) is 13.8. The highest BCUT2D eigenvalue weighted by Gasteiger charge is 2.22. The van der Waals surface area contributed by atoms with Crippen molar-refractivity contribution in [1.29, 1.82) is 0 Å². The van der Waals surface area contributed by atoms with E-state index in [0.29, 0.717) is 23.5 Å². The van der Waals surface area contributed by atoms with Crippen molar-refractivity contribution in [2.24, 2.45) is 0 Å². The molecule has 3 aromatic rings. The summed E-state index contributed by atoms with van der Waals surface area (Å²) in [6, 6.07) is 5.62. The normalized spacial score (nSPS) is 12.2. The van der Waals surface area contributed by atoms with E-state index < -0.39 is 0 Å². The summed E-state index contributed by atoms with van der Waals surface area (Å²) in [7, 11) is 0. The first kappa shape index (κ1) is 17.2. The Morgan fingerprint density at radius 2 is 2.08 bits per heavy atom. The minimum absolute atomic E-state index is 0.119. The van der Waals surface area contributed by atoms with E-state index >= 15 is 0 Å². The quantitative estimate of drug-likeness (QED) is 0.759. The van der Waals surface area contributed by atoms with Gasteiger partial charge in [-0.3, -0.25) is 4.79 Å². The summed E-state index contributed by atoms with van der Waals surface area (Å²) in [4.78, 5) is 16.6. The van der Waals surface area contributed by atoms with Crippen LogP contribution in [-0.4, -0.2) is 31.3 Å². The molecule has 1 N–H and O–H groups in total. The Kier molecular flexibility index (Phi) is 4.85. The number of nitrogens with zero attached hydrogens (tertiary/aromatic N) is 4. The molecule has 0 aliphatic rings. The number of hydrogen-bond donors (Lipinski definition) is 1.